The SMILES string of the molecule is CCc1cc(N2CCOC(c3ccc(Cl)cc3)C2)c2nncn2n1. The summed E-state index contributed by atoms with van der Waals surface area (Å²) in [7, 11) is 0. The lowest BCUT2D eigenvalue weighted by molar-refractivity contribution is 0.0398. The van der Waals surface area contributed by atoms with Gasteiger partial charge in [-0.1, -0.05) is 30.7 Å². The molecule has 1 fully saturated rings. The Labute approximate surface area is 145 Å². The van der Waals surface area contributed by atoms with Crippen LogP contribution in [0.2, 0.25) is 5.02 Å². The van der Waals surface area contributed by atoms with E-state index >= 15 is 0 Å². The Morgan fingerprint density at radius 3 is 2.92 bits per heavy atom. The van der Waals surface area contributed by atoms with E-state index in [1.807, 2.05) is 24.3 Å². The van der Waals surface area contributed by atoms with E-state index in [0.717, 1.165) is 47.1 Å². The molecule has 0 spiro atoms. The molecule has 3 aromatic rings. The summed E-state index contributed by atoms with van der Waals surface area (Å²) in [6, 6.07) is 9.95. The van der Waals surface area contributed by atoms with Crippen molar-refractivity contribution in [2.24, 2.45) is 0 Å². The lowest BCUT2D eigenvalue weighted by Crippen LogP contribution is -2.38. The number of morpholine rings is 1. The fraction of sp³-hybridized carbons (Fsp3) is 0.353. The van der Waals surface area contributed by atoms with Crippen molar-refractivity contribution in [3.05, 3.63) is 52.9 Å². The van der Waals surface area contributed by atoms with Gasteiger partial charge in [-0.25, -0.2) is 0 Å². The minimum absolute atomic E-state index is 0.0113. The van der Waals surface area contributed by atoms with Crippen LogP contribution in [0.3, 0.4) is 0 Å². The molecule has 1 aliphatic heterocycles. The molecule has 0 bridgehead atoms. The zero-order chi connectivity index (χ0) is 16.5. The van der Waals surface area contributed by atoms with Crippen molar-refractivity contribution in [2.75, 3.05) is 24.6 Å². The second-order valence-electron chi connectivity index (χ2n) is 5.83. The first-order chi connectivity index (χ1) is 11.7. The van der Waals surface area contributed by atoms with Crippen molar-refractivity contribution < 1.29 is 4.74 Å². The van der Waals surface area contributed by atoms with Crippen LogP contribution in [0.5, 0.6) is 0 Å². The first kappa shape index (κ1) is 15.4. The zero-order valence-corrected chi connectivity index (χ0v) is 14.1. The van der Waals surface area contributed by atoms with Gasteiger partial charge in [0.25, 0.3) is 0 Å². The summed E-state index contributed by atoms with van der Waals surface area (Å²) in [5, 5.41) is 13.5. The lowest BCUT2D eigenvalue weighted by Gasteiger charge is -2.34. The number of ether oxygens (including phenoxy) is 1. The van der Waals surface area contributed by atoms with E-state index in [1.54, 1.807) is 10.8 Å². The number of rotatable bonds is 3. The van der Waals surface area contributed by atoms with Gasteiger partial charge in [0.2, 0.25) is 5.65 Å². The average molecular weight is 344 g/mol. The van der Waals surface area contributed by atoms with Gasteiger partial charge in [-0.05, 0) is 30.2 Å². The standard InChI is InChI=1S/C17H18ClN5O/c1-2-14-9-15(17-20-19-11-23(17)21-14)22-7-8-24-16(10-22)12-3-5-13(18)6-4-12/h3-6,9,11,16H,2,7-8,10H2,1H3. The summed E-state index contributed by atoms with van der Waals surface area (Å²) in [5.41, 5.74) is 3.99. The molecule has 0 radical (unpaired) electrons. The fourth-order valence-electron chi connectivity index (χ4n) is 3.01. The van der Waals surface area contributed by atoms with Gasteiger partial charge in [0.1, 0.15) is 12.4 Å². The van der Waals surface area contributed by atoms with Crippen molar-refractivity contribution in [1.29, 1.82) is 0 Å². The third-order valence-electron chi connectivity index (χ3n) is 4.31. The van der Waals surface area contributed by atoms with Crippen molar-refractivity contribution >= 4 is 22.9 Å². The highest BCUT2D eigenvalue weighted by Crippen LogP contribution is 2.29. The molecule has 0 saturated carbocycles. The van der Waals surface area contributed by atoms with Crippen molar-refractivity contribution in [2.45, 2.75) is 19.4 Å². The van der Waals surface area contributed by atoms with E-state index in [1.165, 1.54) is 0 Å². The normalized spacial score (nSPS) is 18.2. The van der Waals surface area contributed by atoms with Gasteiger partial charge >= 0.3 is 0 Å². The van der Waals surface area contributed by atoms with Gasteiger partial charge in [0.05, 0.1) is 18.0 Å². The van der Waals surface area contributed by atoms with E-state index in [2.05, 4.69) is 33.2 Å². The Hall–Kier alpha value is -2.18. The maximum absolute atomic E-state index is 5.99. The number of halogens is 1. The molecule has 1 atom stereocenters. The molecule has 2 aromatic heterocycles. The molecule has 1 aliphatic rings. The van der Waals surface area contributed by atoms with Gasteiger partial charge in [-0.3, -0.25) is 0 Å². The van der Waals surface area contributed by atoms with Crippen LogP contribution in [0.4, 0.5) is 5.69 Å². The lowest BCUT2D eigenvalue weighted by atomic mass is 10.1. The maximum atomic E-state index is 5.99. The molecular formula is C17H18ClN5O. The number of hydrogen-bond acceptors (Lipinski definition) is 5. The zero-order valence-electron chi connectivity index (χ0n) is 13.4. The molecule has 3 heterocycles. The van der Waals surface area contributed by atoms with Crippen LogP contribution in [-0.2, 0) is 11.2 Å². The Morgan fingerprint density at radius 1 is 1.29 bits per heavy atom. The predicted octanol–water partition coefficient (Wildman–Crippen LogP) is 2.92. The third-order valence-corrected chi connectivity index (χ3v) is 4.56. The molecule has 0 N–H and O–H groups in total. The summed E-state index contributed by atoms with van der Waals surface area (Å²) < 4.78 is 7.71. The van der Waals surface area contributed by atoms with Gasteiger partial charge in [-0.15, -0.1) is 10.2 Å². The summed E-state index contributed by atoms with van der Waals surface area (Å²) >= 11 is 5.99. The first-order valence-electron chi connectivity index (χ1n) is 8.06. The Bertz CT molecular complexity index is 848. The minimum atomic E-state index is 0.0113. The summed E-state index contributed by atoms with van der Waals surface area (Å²) in [6.07, 6.45) is 2.53. The van der Waals surface area contributed by atoms with Crippen LogP contribution < -0.4 is 4.90 Å². The number of fused-ring (bicyclic) bond motifs is 1. The summed E-state index contributed by atoms with van der Waals surface area (Å²) in [6.45, 7) is 4.34. The largest absolute Gasteiger partial charge is 0.370 e. The van der Waals surface area contributed by atoms with E-state index in [9.17, 15) is 0 Å². The molecule has 6 nitrogen and oxygen atoms in total. The number of anilines is 1. The molecule has 124 valence electrons. The van der Waals surface area contributed by atoms with Crippen LogP contribution in [0.1, 0.15) is 24.3 Å². The van der Waals surface area contributed by atoms with Crippen LogP contribution in [-0.4, -0.2) is 39.5 Å². The average Bonchev–Trinajstić information content (AvgIpc) is 3.10. The first-order valence-corrected chi connectivity index (χ1v) is 8.44. The third kappa shape index (κ3) is 2.83. The van der Waals surface area contributed by atoms with Crippen molar-refractivity contribution in [1.82, 2.24) is 19.8 Å². The molecule has 7 heteroatoms. The van der Waals surface area contributed by atoms with Crippen LogP contribution >= 0.6 is 11.6 Å². The molecule has 24 heavy (non-hydrogen) atoms. The number of hydrogen-bond donors (Lipinski definition) is 0. The van der Waals surface area contributed by atoms with Gasteiger partial charge in [0.15, 0.2) is 0 Å². The van der Waals surface area contributed by atoms with Crippen LogP contribution in [0.25, 0.3) is 5.65 Å². The smallest absolute Gasteiger partial charge is 0.200 e. The summed E-state index contributed by atoms with van der Waals surface area (Å²) in [5.74, 6) is 0. The highest BCUT2D eigenvalue weighted by Gasteiger charge is 2.24. The maximum Gasteiger partial charge on any atom is 0.200 e. The molecule has 1 aromatic carbocycles. The molecule has 0 aliphatic carbocycles. The second-order valence-corrected chi connectivity index (χ2v) is 6.27. The van der Waals surface area contributed by atoms with E-state index < -0.39 is 0 Å². The molecular weight excluding hydrogens is 326 g/mol. The molecule has 1 unspecified atom stereocenters. The highest BCUT2D eigenvalue weighted by molar-refractivity contribution is 6.30. The van der Waals surface area contributed by atoms with E-state index in [4.69, 9.17) is 16.3 Å². The van der Waals surface area contributed by atoms with Gasteiger partial charge < -0.3 is 9.64 Å². The van der Waals surface area contributed by atoms with Crippen LogP contribution in [0.15, 0.2) is 36.7 Å². The number of nitrogens with zero attached hydrogens (tertiary/aromatic N) is 5. The molecule has 1 saturated heterocycles. The topological polar surface area (TPSA) is 55.5 Å². The predicted molar refractivity (Wildman–Crippen MR) is 92.5 cm³/mol. The van der Waals surface area contributed by atoms with Crippen molar-refractivity contribution in [3.8, 4) is 0 Å². The van der Waals surface area contributed by atoms with Gasteiger partial charge in [0, 0.05) is 18.1 Å². The second kappa shape index (κ2) is 6.37. The number of aromatic nitrogens is 4. The quantitative estimate of drug-likeness (QED) is 0.732. The van der Waals surface area contributed by atoms with E-state index in [-0.39, 0.29) is 6.10 Å². The Balaban J connectivity index is 1.66. The minimum Gasteiger partial charge on any atom is -0.370 e. The molecule has 0 amide bonds. The van der Waals surface area contributed by atoms with Gasteiger partial charge in [-0.2, -0.15) is 9.61 Å². The fourth-order valence-corrected chi connectivity index (χ4v) is 3.14. The van der Waals surface area contributed by atoms with Crippen LogP contribution in [0, 0.1) is 0 Å². The Morgan fingerprint density at radius 2 is 2.12 bits per heavy atom. The number of benzene rings is 1. The number of aryl methyl sites for hydroxylation is 1. The van der Waals surface area contributed by atoms with Crippen molar-refractivity contribution in [3.63, 3.8) is 0 Å². The summed E-state index contributed by atoms with van der Waals surface area (Å²) in [4.78, 5) is 2.30. The molecule has 4 rings (SSSR count). The monoisotopic (exact) mass is 343 g/mol. The Kier molecular flexibility index (Phi) is 4.08. The highest BCUT2D eigenvalue weighted by atomic mass is 35.5. The van der Waals surface area contributed by atoms with E-state index in [0.29, 0.717) is 6.61 Å².